The number of amides is 1. The van der Waals surface area contributed by atoms with Gasteiger partial charge in [-0.15, -0.1) is 0 Å². The number of anilines is 1. The predicted octanol–water partition coefficient (Wildman–Crippen LogP) is 1.06. The highest BCUT2D eigenvalue weighted by Gasteiger charge is 2.15. The topological polar surface area (TPSA) is 94.9 Å². The normalized spacial score (nSPS) is 10.3. The molecule has 5 heteroatoms. The van der Waals surface area contributed by atoms with E-state index in [1.54, 1.807) is 6.92 Å². The quantitative estimate of drug-likeness (QED) is 0.841. The fourth-order valence-electron chi connectivity index (χ4n) is 1.89. The molecule has 1 amide bonds. The summed E-state index contributed by atoms with van der Waals surface area (Å²) in [6.07, 6.45) is 0.507. The van der Waals surface area contributed by atoms with E-state index in [0.717, 1.165) is 5.56 Å². The van der Waals surface area contributed by atoms with Gasteiger partial charge < -0.3 is 11.5 Å². The third-order valence-electron chi connectivity index (χ3n) is 2.64. The Morgan fingerprint density at radius 1 is 1.22 bits per heavy atom. The Morgan fingerprint density at radius 2 is 1.89 bits per heavy atom. The Labute approximate surface area is 105 Å². The standard InChI is InChI=1S/C13H14N4O/c1-8-11(12(14)18)10(17-13(15)16-8)7-9-5-3-2-4-6-9/h2-6H,7H2,1H3,(H2,14,18)(H2,15,16,17). The number of hydrogen-bond donors (Lipinski definition) is 2. The summed E-state index contributed by atoms with van der Waals surface area (Å²) in [5.41, 5.74) is 13.4. The van der Waals surface area contributed by atoms with Gasteiger partial charge in [0.2, 0.25) is 5.95 Å². The maximum atomic E-state index is 11.4. The number of nitrogens with zero attached hydrogens (tertiary/aromatic N) is 2. The molecule has 2 aromatic rings. The van der Waals surface area contributed by atoms with E-state index < -0.39 is 5.91 Å². The zero-order valence-corrected chi connectivity index (χ0v) is 10.1. The molecule has 0 spiro atoms. The summed E-state index contributed by atoms with van der Waals surface area (Å²) in [7, 11) is 0. The van der Waals surface area contributed by atoms with Crippen LogP contribution in [0, 0.1) is 6.92 Å². The first-order valence-corrected chi connectivity index (χ1v) is 5.54. The number of benzene rings is 1. The molecular formula is C13H14N4O. The van der Waals surface area contributed by atoms with E-state index in [0.29, 0.717) is 23.4 Å². The van der Waals surface area contributed by atoms with Gasteiger partial charge in [0.05, 0.1) is 17.0 Å². The molecule has 92 valence electrons. The van der Waals surface area contributed by atoms with E-state index in [-0.39, 0.29) is 5.95 Å². The van der Waals surface area contributed by atoms with Crippen LogP contribution < -0.4 is 11.5 Å². The van der Waals surface area contributed by atoms with Gasteiger partial charge >= 0.3 is 0 Å². The second kappa shape index (κ2) is 4.83. The fraction of sp³-hybridized carbons (Fsp3) is 0.154. The summed E-state index contributed by atoms with van der Waals surface area (Å²) in [5, 5.41) is 0. The van der Waals surface area contributed by atoms with Crippen LogP contribution in [0.1, 0.15) is 27.3 Å². The molecule has 0 saturated heterocycles. The summed E-state index contributed by atoms with van der Waals surface area (Å²) in [4.78, 5) is 19.5. The van der Waals surface area contributed by atoms with Crippen LogP contribution in [0.15, 0.2) is 30.3 Å². The predicted molar refractivity (Wildman–Crippen MR) is 68.9 cm³/mol. The monoisotopic (exact) mass is 242 g/mol. The largest absolute Gasteiger partial charge is 0.368 e. The Morgan fingerprint density at radius 3 is 2.50 bits per heavy atom. The van der Waals surface area contributed by atoms with Crippen molar-refractivity contribution in [2.45, 2.75) is 13.3 Å². The van der Waals surface area contributed by atoms with Crippen molar-refractivity contribution in [2.24, 2.45) is 5.73 Å². The van der Waals surface area contributed by atoms with Gasteiger partial charge in [0.1, 0.15) is 0 Å². The average molecular weight is 242 g/mol. The summed E-state index contributed by atoms with van der Waals surface area (Å²) >= 11 is 0. The second-order valence-electron chi connectivity index (χ2n) is 4.02. The fourth-order valence-corrected chi connectivity index (χ4v) is 1.89. The average Bonchev–Trinajstić information content (AvgIpc) is 2.28. The maximum absolute atomic E-state index is 11.4. The first-order chi connectivity index (χ1) is 8.58. The van der Waals surface area contributed by atoms with Crippen LogP contribution in [-0.4, -0.2) is 15.9 Å². The van der Waals surface area contributed by atoms with E-state index >= 15 is 0 Å². The van der Waals surface area contributed by atoms with Gasteiger partial charge in [-0.2, -0.15) is 0 Å². The van der Waals surface area contributed by atoms with E-state index in [1.165, 1.54) is 0 Å². The van der Waals surface area contributed by atoms with Crippen molar-refractivity contribution in [1.82, 2.24) is 9.97 Å². The highest BCUT2D eigenvalue weighted by molar-refractivity contribution is 5.95. The minimum absolute atomic E-state index is 0.156. The zero-order chi connectivity index (χ0) is 13.1. The van der Waals surface area contributed by atoms with Crippen LogP contribution in [-0.2, 0) is 6.42 Å². The molecular weight excluding hydrogens is 228 g/mol. The van der Waals surface area contributed by atoms with Gasteiger partial charge in [0.25, 0.3) is 5.91 Å². The smallest absolute Gasteiger partial charge is 0.252 e. The molecule has 1 aromatic heterocycles. The zero-order valence-electron chi connectivity index (χ0n) is 10.1. The van der Waals surface area contributed by atoms with E-state index in [2.05, 4.69) is 9.97 Å². The Balaban J connectivity index is 2.46. The number of carbonyl (C=O) groups is 1. The number of aromatic nitrogens is 2. The molecule has 0 unspecified atom stereocenters. The lowest BCUT2D eigenvalue weighted by molar-refractivity contribution is 0.0998. The van der Waals surface area contributed by atoms with Gasteiger partial charge in [-0.3, -0.25) is 4.79 Å². The number of nitrogen functional groups attached to an aromatic ring is 1. The highest BCUT2D eigenvalue weighted by atomic mass is 16.1. The molecule has 1 aromatic carbocycles. The molecule has 4 N–H and O–H groups in total. The molecule has 0 aliphatic heterocycles. The van der Waals surface area contributed by atoms with Crippen molar-refractivity contribution in [2.75, 3.05) is 5.73 Å². The van der Waals surface area contributed by atoms with E-state index in [4.69, 9.17) is 11.5 Å². The van der Waals surface area contributed by atoms with Crippen LogP contribution in [0.4, 0.5) is 5.95 Å². The van der Waals surface area contributed by atoms with Crippen molar-refractivity contribution in [3.05, 3.63) is 52.8 Å². The molecule has 0 atom stereocenters. The third kappa shape index (κ3) is 2.45. The molecule has 0 radical (unpaired) electrons. The van der Waals surface area contributed by atoms with Crippen molar-refractivity contribution >= 4 is 11.9 Å². The van der Waals surface area contributed by atoms with Gasteiger partial charge in [-0.05, 0) is 12.5 Å². The molecule has 0 fully saturated rings. The second-order valence-corrected chi connectivity index (χ2v) is 4.02. The maximum Gasteiger partial charge on any atom is 0.252 e. The molecule has 5 nitrogen and oxygen atoms in total. The van der Waals surface area contributed by atoms with Crippen molar-refractivity contribution in [3.63, 3.8) is 0 Å². The van der Waals surface area contributed by atoms with E-state index in [9.17, 15) is 4.79 Å². The van der Waals surface area contributed by atoms with Crippen LogP contribution >= 0.6 is 0 Å². The molecule has 0 aliphatic rings. The highest BCUT2D eigenvalue weighted by Crippen LogP contribution is 2.15. The third-order valence-corrected chi connectivity index (χ3v) is 2.64. The van der Waals surface area contributed by atoms with Gasteiger partial charge in [-0.1, -0.05) is 30.3 Å². The summed E-state index contributed by atoms with van der Waals surface area (Å²) in [6, 6.07) is 9.70. The Hall–Kier alpha value is -2.43. The van der Waals surface area contributed by atoms with Gasteiger partial charge in [-0.25, -0.2) is 9.97 Å². The Kier molecular flexibility index (Phi) is 3.23. The van der Waals surface area contributed by atoms with Gasteiger partial charge in [0.15, 0.2) is 0 Å². The number of primary amides is 1. The van der Waals surface area contributed by atoms with Crippen molar-refractivity contribution < 1.29 is 4.79 Å². The number of hydrogen-bond acceptors (Lipinski definition) is 4. The van der Waals surface area contributed by atoms with Crippen LogP contribution in [0.25, 0.3) is 0 Å². The Bertz CT molecular complexity index is 581. The lowest BCUT2D eigenvalue weighted by Crippen LogP contribution is -2.19. The SMILES string of the molecule is Cc1nc(N)nc(Cc2ccccc2)c1C(N)=O. The lowest BCUT2D eigenvalue weighted by atomic mass is 10.0. The molecule has 18 heavy (non-hydrogen) atoms. The first-order valence-electron chi connectivity index (χ1n) is 5.54. The number of aryl methyl sites for hydroxylation is 1. The van der Waals surface area contributed by atoms with E-state index in [1.807, 2.05) is 30.3 Å². The molecule has 0 saturated carbocycles. The number of carbonyl (C=O) groups excluding carboxylic acids is 1. The number of rotatable bonds is 3. The van der Waals surface area contributed by atoms with Crippen LogP contribution in [0.2, 0.25) is 0 Å². The van der Waals surface area contributed by atoms with Crippen LogP contribution in [0.3, 0.4) is 0 Å². The minimum atomic E-state index is -0.529. The molecule has 0 bridgehead atoms. The summed E-state index contributed by atoms with van der Waals surface area (Å²) in [6.45, 7) is 1.70. The summed E-state index contributed by atoms with van der Waals surface area (Å²) < 4.78 is 0. The molecule has 0 aliphatic carbocycles. The first kappa shape index (κ1) is 12.0. The van der Waals surface area contributed by atoms with Crippen molar-refractivity contribution in [3.8, 4) is 0 Å². The minimum Gasteiger partial charge on any atom is -0.368 e. The lowest BCUT2D eigenvalue weighted by Gasteiger charge is -2.09. The van der Waals surface area contributed by atoms with Gasteiger partial charge in [0, 0.05) is 6.42 Å². The van der Waals surface area contributed by atoms with Crippen molar-refractivity contribution in [1.29, 1.82) is 0 Å². The van der Waals surface area contributed by atoms with Crippen LogP contribution in [0.5, 0.6) is 0 Å². The molecule has 2 rings (SSSR count). The number of nitrogens with two attached hydrogens (primary N) is 2. The molecule has 1 heterocycles. The summed E-state index contributed by atoms with van der Waals surface area (Å²) in [5.74, 6) is -0.373.